The number of nitrogens with one attached hydrogen (secondary N) is 1. The maximum atomic E-state index is 13.0. The second-order valence-corrected chi connectivity index (χ2v) is 4.46. The van der Waals surface area contributed by atoms with Crippen molar-refractivity contribution in [2.75, 3.05) is 6.54 Å². The van der Waals surface area contributed by atoms with Gasteiger partial charge in [0.25, 0.3) is 0 Å². The van der Waals surface area contributed by atoms with E-state index in [9.17, 15) is 8.78 Å². The Hall–Kier alpha value is -1.88. The van der Waals surface area contributed by atoms with Crippen molar-refractivity contribution in [2.24, 2.45) is 0 Å². The molecule has 0 radical (unpaired) electrons. The zero-order chi connectivity index (χ0) is 14.5. The van der Waals surface area contributed by atoms with Crippen LogP contribution in [0.1, 0.15) is 24.0 Å². The summed E-state index contributed by atoms with van der Waals surface area (Å²) in [5, 5.41) is 3.18. The molecule has 1 aromatic carbocycles. The molecule has 1 heterocycles. The normalized spacial score (nSPS) is 10.8. The maximum absolute atomic E-state index is 13.0. The highest BCUT2D eigenvalue weighted by Gasteiger charge is 2.09. The van der Waals surface area contributed by atoms with Crippen LogP contribution >= 0.6 is 0 Å². The van der Waals surface area contributed by atoms with E-state index in [0.29, 0.717) is 12.3 Å². The average Bonchev–Trinajstić information content (AvgIpc) is 2.78. The Morgan fingerprint density at radius 2 is 2.00 bits per heavy atom. The van der Waals surface area contributed by atoms with Gasteiger partial charge in [-0.2, -0.15) is 0 Å². The van der Waals surface area contributed by atoms with Crippen molar-refractivity contribution in [2.45, 2.75) is 27.0 Å². The van der Waals surface area contributed by atoms with Crippen LogP contribution in [0.4, 0.5) is 8.78 Å². The van der Waals surface area contributed by atoms with Gasteiger partial charge < -0.3 is 14.5 Å². The van der Waals surface area contributed by atoms with E-state index in [-0.39, 0.29) is 12.4 Å². The highest BCUT2D eigenvalue weighted by molar-refractivity contribution is 5.24. The number of hydrogen-bond acceptors (Lipinski definition) is 3. The molecule has 2 rings (SSSR count). The summed E-state index contributed by atoms with van der Waals surface area (Å²) in [5.74, 6) is -0.0351. The van der Waals surface area contributed by atoms with Crippen molar-refractivity contribution in [3.8, 4) is 5.75 Å². The highest BCUT2D eigenvalue weighted by Crippen LogP contribution is 2.19. The van der Waals surface area contributed by atoms with E-state index in [1.807, 2.05) is 19.9 Å². The summed E-state index contributed by atoms with van der Waals surface area (Å²) in [4.78, 5) is 0. The standard InChI is InChI=1S/C15H17F2NO2/c1-3-18-8-15-10(2)6-12(20-15)9-19-11-4-5-13(16)14(17)7-11/h4-7,18H,3,8-9H2,1-2H3. The molecule has 0 aliphatic heterocycles. The van der Waals surface area contributed by atoms with Gasteiger partial charge >= 0.3 is 0 Å². The molecule has 0 fully saturated rings. The van der Waals surface area contributed by atoms with Crippen LogP contribution in [-0.4, -0.2) is 6.54 Å². The van der Waals surface area contributed by atoms with Crippen molar-refractivity contribution < 1.29 is 17.9 Å². The summed E-state index contributed by atoms with van der Waals surface area (Å²) in [6.45, 7) is 5.68. The van der Waals surface area contributed by atoms with Crippen LogP contribution in [-0.2, 0) is 13.2 Å². The summed E-state index contributed by atoms with van der Waals surface area (Å²) in [7, 11) is 0. The number of aryl methyl sites for hydroxylation is 1. The van der Waals surface area contributed by atoms with E-state index in [1.54, 1.807) is 0 Å². The van der Waals surface area contributed by atoms with Crippen molar-refractivity contribution in [1.82, 2.24) is 5.32 Å². The first-order valence-electron chi connectivity index (χ1n) is 6.47. The van der Waals surface area contributed by atoms with E-state index < -0.39 is 11.6 Å². The molecular weight excluding hydrogens is 264 g/mol. The van der Waals surface area contributed by atoms with Gasteiger partial charge in [-0.3, -0.25) is 0 Å². The molecule has 0 spiro atoms. The molecule has 0 atom stereocenters. The van der Waals surface area contributed by atoms with Gasteiger partial charge in [-0.15, -0.1) is 0 Å². The summed E-state index contributed by atoms with van der Waals surface area (Å²) in [6.07, 6.45) is 0. The van der Waals surface area contributed by atoms with Gasteiger partial charge in [-0.25, -0.2) is 8.78 Å². The second-order valence-electron chi connectivity index (χ2n) is 4.46. The Morgan fingerprint density at radius 1 is 1.20 bits per heavy atom. The molecule has 108 valence electrons. The van der Waals surface area contributed by atoms with E-state index in [2.05, 4.69) is 5.32 Å². The lowest BCUT2D eigenvalue weighted by molar-refractivity contribution is 0.263. The Labute approximate surface area is 116 Å². The highest BCUT2D eigenvalue weighted by atomic mass is 19.2. The van der Waals surface area contributed by atoms with Gasteiger partial charge in [0, 0.05) is 6.07 Å². The van der Waals surface area contributed by atoms with Gasteiger partial charge in [-0.05, 0) is 37.2 Å². The minimum Gasteiger partial charge on any atom is -0.486 e. The van der Waals surface area contributed by atoms with Crippen LogP contribution < -0.4 is 10.1 Å². The molecule has 0 bridgehead atoms. The van der Waals surface area contributed by atoms with E-state index in [1.165, 1.54) is 6.07 Å². The molecule has 20 heavy (non-hydrogen) atoms. The molecular formula is C15H17F2NO2. The molecule has 0 saturated carbocycles. The van der Waals surface area contributed by atoms with Crippen molar-refractivity contribution >= 4 is 0 Å². The van der Waals surface area contributed by atoms with Crippen LogP contribution in [0, 0.1) is 18.6 Å². The van der Waals surface area contributed by atoms with Crippen molar-refractivity contribution in [1.29, 1.82) is 0 Å². The van der Waals surface area contributed by atoms with E-state index in [0.717, 1.165) is 30.0 Å². The van der Waals surface area contributed by atoms with Gasteiger partial charge in [0.15, 0.2) is 11.6 Å². The number of hydrogen-bond donors (Lipinski definition) is 1. The SMILES string of the molecule is CCNCc1oc(COc2ccc(F)c(F)c2)cc1C. The number of ether oxygens (including phenoxy) is 1. The van der Waals surface area contributed by atoms with Crippen LogP contribution in [0.25, 0.3) is 0 Å². The molecule has 3 nitrogen and oxygen atoms in total. The monoisotopic (exact) mass is 281 g/mol. The average molecular weight is 281 g/mol. The molecule has 5 heteroatoms. The lowest BCUT2D eigenvalue weighted by Crippen LogP contribution is -2.11. The minimum absolute atomic E-state index is 0.179. The topological polar surface area (TPSA) is 34.4 Å². The third-order valence-electron chi connectivity index (χ3n) is 2.88. The number of benzene rings is 1. The van der Waals surface area contributed by atoms with Crippen LogP contribution in [0.5, 0.6) is 5.75 Å². The summed E-state index contributed by atoms with van der Waals surface area (Å²) >= 11 is 0. The quantitative estimate of drug-likeness (QED) is 0.879. The zero-order valence-electron chi connectivity index (χ0n) is 11.5. The smallest absolute Gasteiger partial charge is 0.162 e. The largest absolute Gasteiger partial charge is 0.486 e. The molecule has 0 amide bonds. The lowest BCUT2D eigenvalue weighted by atomic mass is 10.2. The number of halogens is 2. The first-order chi connectivity index (χ1) is 9.60. The van der Waals surface area contributed by atoms with E-state index >= 15 is 0 Å². The number of rotatable bonds is 6. The van der Waals surface area contributed by atoms with E-state index in [4.69, 9.17) is 9.15 Å². The van der Waals surface area contributed by atoms with Crippen molar-refractivity contribution in [3.63, 3.8) is 0 Å². The minimum atomic E-state index is -0.925. The molecule has 2 aromatic rings. The Kier molecular flexibility index (Phi) is 4.74. The summed E-state index contributed by atoms with van der Waals surface area (Å²) in [6, 6.07) is 5.32. The predicted molar refractivity (Wildman–Crippen MR) is 71.5 cm³/mol. The third kappa shape index (κ3) is 3.57. The van der Waals surface area contributed by atoms with Gasteiger partial charge in [-0.1, -0.05) is 6.92 Å². The fourth-order valence-electron chi connectivity index (χ4n) is 1.80. The predicted octanol–water partition coefficient (Wildman–Crippen LogP) is 3.55. The summed E-state index contributed by atoms with van der Waals surface area (Å²) in [5.41, 5.74) is 1.04. The number of furan rings is 1. The lowest BCUT2D eigenvalue weighted by Gasteiger charge is -2.04. The molecule has 0 aliphatic rings. The maximum Gasteiger partial charge on any atom is 0.162 e. The third-order valence-corrected chi connectivity index (χ3v) is 2.88. The van der Waals surface area contributed by atoms with Crippen LogP contribution in [0.2, 0.25) is 0 Å². The molecule has 0 unspecified atom stereocenters. The van der Waals surface area contributed by atoms with Crippen molar-refractivity contribution in [3.05, 3.63) is 53.0 Å². The molecule has 0 aliphatic carbocycles. The Balaban J connectivity index is 1.98. The Morgan fingerprint density at radius 3 is 2.70 bits per heavy atom. The molecule has 0 saturated heterocycles. The Bertz CT molecular complexity index is 581. The molecule has 1 N–H and O–H groups in total. The first-order valence-corrected chi connectivity index (χ1v) is 6.47. The summed E-state index contributed by atoms with van der Waals surface area (Å²) < 4.78 is 36.8. The van der Waals surface area contributed by atoms with Gasteiger partial charge in [0.2, 0.25) is 0 Å². The van der Waals surface area contributed by atoms with Gasteiger partial charge in [0.1, 0.15) is 23.9 Å². The first kappa shape index (κ1) is 14.5. The zero-order valence-corrected chi connectivity index (χ0v) is 11.5. The molecule has 1 aromatic heterocycles. The van der Waals surface area contributed by atoms with Crippen LogP contribution in [0.15, 0.2) is 28.7 Å². The fraction of sp³-hybridized carbons (Fsp3) is 0.333. The fourth-order valence-corrected chi connectivity index (χ4v) is 1.80. The van der Waals surface area contributed by atoms with Gasteiger partial charge in [0.05, 0.1) is 6.54 Å². The van der Waals surface area contributed by atoms with Crippen LogP contribution in [0.3, 0.4) is 0 Å². The second kappa shape index (κ2) is 6.52.